The maximum Gasteiger partial charge on any atom is 0.261 e. The highest BCUT2D eigenvalue weighted by Gasteiger charge is 2.22. The maximum atomic E-state index is 12.9. The van der Waals surface area contributed by atoms with Crippen molar-refractivity contribution >= 4 is 11.6 Å². The first kappa shape index (κ1) is 22.2. The van der Waals surface area contributed by atoms with Crippen molar-refractivity contribution in [1.29, 1.82) is 0 Å². The maximum absolute atomic E-state index is 12.9. The summed E-state index contributed by atoms with van der Waals surface area (Å²) in [5, 5.41) is 3.13. The summed E-state index contributed by atoms with van der Waals surface area (Å²) < 4.78 is 6.06. The van der Waals surface area contributed by atoms with Crippen molar-refractivity contribution in [3.63, 3.8) is 0 Å². The Morgan fingerprint density at radius 3 is 2.43 bits per heavy atom. The molecule has 1 aliphatic heterocycles. The van der Waals surface area contributed by atoms with Gasteiger partial charge in [0.05, 0.1) is 6.04 Å². The number of carbonyl (C=O) groups excluding carboxylic acids is 1. The number of amides is 1. The SMILES string of the molecule is CC[C@@H](Oc1cccc(C)c1C)C(=O)N[C@@H](C)c1ccc(N2CCC(C)CC2)cc1. The van der Waals surface area contributed by atoms with Gasteiger partial charge < -0.3 is 15.0 Å². The molecule has 162 valence electrons. The molecular weight excluding hydrogens is 372 g/mol. The third-order valence-corrected chi connectivity index (χ3v) is 6.39. The van der Waals surface area contributed by atoms with Gasteiger partial charge in [0.2, 0.25) is 0 Å². The molecule has 2 aromatic carbocycles. The van der Waals surface area contributed by atoms with Crippen LogP contribution in [-0.2, 0) is 4.79 Å². The van der Waals surface area contributed by atoms with Crippen molar-refractivity contribution in [2.45, 2.75) is 66.0 Å². The molecule has 3 rings (SSSR count). The molecule has 0 unspecified atom stereocenters. The van der Waals surface area contributed by atoms with Crippen molar-refractivity contribution in [2.75, 3.05) is 18.0 Å². The molecule has 1 amide bonds. The van der Waals surface area contributed by atoms with E-state index in [0.717, 1.165) is 35.9 Å². The predicted octanol–water partition coefficient (Wildman–Crippen LogP) is 5.57. The number of benzene rings is 2. The minimum Gasteiger partial charge on any atom is -0.480 e. The molecule has 0 aliphatic carbocycles. The van der Waals surface area contributed by atoms with Gasteiger partial charge in [-0.05, 0) is 80.8 Å². The summed E-state index contributed by atoms with van der Waals surface area (Å²) in [6, 6.07) is 14.5. The third kappa shape index (κ3) is 5.35. The summed E-state index contributed by atoms with van der Waals surface area (Å²) in [6.45, 7) is 12.7. The molecule has 0 aromatic heterocycles. The topological polar surface area (TPSA) is 41.6 Å². The molecule has 1 aliphatic rings. The van der Waals surface area contributed by atoms with Crippen molar-refractivity contribution < 1.29 is 9.53 Å². The molecule has 30 heavy (non-hydrogen) atoms. The number of ether oxygens (including phenoxy) is 1. The highest BCUT2D eigenvalue weighted by Crippen LogP contribution is 2.25. The minimum absolute atomic E-state index is 0.0656. The van der Waals surface area contributed by atoms with Gasteiger partial charge in [-0.1, -0.05) is 38.1 Å². The lowest BCUT2D eigenvalue weighted by Crippen LogP contribution is -2.39. The summed E-state index contributed by atoms with van der Waals surface area (Å²) in [5.74, 6) is 1.54. The number of hydrogen-bond donors (Lipinski definition) is 1. The Bertz CT molecular complexity index is 839. The van der Waals surface area contributed by atoms with Crippen molar-refractivity contribution in [3.05, 3.63) is 59.2 Å². The van der Waals surface area contributed by atoms with Crippen LogP contribution in [0, 0.1) is 19.8 Å². The van der Waals surface area contributed by atoms with E-state index in [0.29, 0.717) is 6.42 Å². The number of aryl methyl sites for hydroxylation is 1. The van der Waals surface area contributed by atoms with Crippen LogP contribution in [-0.4, -0.2) is 25.1 Å². The first-order chi connectivity index (χ1) is 14.4. The summed E-state index contributed by atoms with van der Waals surface area (Å²) in [7, 11) is 0. The number of anilines is 1. The third-order valence-electron chi connectivity index (χ3n) is 6.39. The Hall–Kier alpha value is -2.49. The minimum atomic E-state index is -0.498. The number of hydrogen-bond acceptors (Lipinski definition) is 3. The fraction of sp³-hybridized carbons (Fsp3) is 0.500. The van der Waals surface area contributed by atoms with Crippen LogP contribution in [0.4, 0.5) is 5.69 Å². The smallest absolute Gasteiger partial charge is 0.261 e. The van der Waals surface area contributed by atoms with Crippen molar-refractivity contribution in [3.8, 4) is 5.75 Å². The van der Waals surface area contributed by atoms with Gasteiger partial charge in [0.25, 0.3) is 5.91 Å². The van der Waals surface area contributed by atoms with E-state index >= 15 is 0 Å². The molecule has 0 saturated carbocycles. The highest BCUT2D eigenvalue weighted by atomic mass is 16.5. The predicted molar refractivity (Wildman–Crippen MR) is 124 cm³/mol. The van der Waals surface area contributed by atoms with E-state index in [4.69, 9.17) is 4.74 Å². The van der Waals surface area contributed by atoms with Gasteiger partial charge in [-0.3, -0.25) is 4.79 Å². The van der Waals surface area contributed by atoms with Gasteiger partial charge >= 0.3 is 0 Å². The van der Waals surface area contributed by atoms with Gasteiger partial charge in [-0.2, -0.15) is 0 Å². The number of carbonyl (C=O) groups is 1. The summed E-state index contributed by atoms with van der Waals surface area (Å²) in [5.41, 5.74) is 4.63. The Labute approximate surface area is 181 Å². The van der Waals surface area contributed by atoms with E-state index in [9.17, 15) is 4.79 Å². The molecular formula is C26H36N2O2. The second-order valence-electron chi connectivity index (χ2n) is 8.70. The van der Waals surface area contributed by atoms with Crippen LogP contribution in [0.1, 0.15) is 62.8 Å². The first-order valence-corrected chi connectivity index (χ1v) is 11.3. The molecule has 2 atom stereocenters. The second-order valence-corrected chi connectivity index (χ2v) is 8.70. The zero-order valence-electron chi connectivity index (χ0n) is 19.1. The number of nitrogens with one attached hydrogen (secondary N) is 1. The monoisotopic (exact) mass is 408 g/mol. The van der Waals surface area contributed by atoms with E-state index in [-0.39, 0.29) is 11.9 Å². The molecule has 0 radical (unpaired) electrons. The molecule has 2 aromatic rings. The van der Waals surface area contributed by atoms with E-state index < -0.39 is 6.10 Å². The second kappa shape index (κ2) is 10.0. The quantitative estimate of drug-likeness (QED) is 0.651. The van der Waals surface area contributed by atoms with Gasteiger partial charge in [-0.15, -0.1) is 0 Å². The number of piperidine rings is 1. The van der Waals surface area contributed by atoms with Crippen LogP contribution >= 0.6 is 0 Å². The Morgan fingerprint density at radius 2 is 1.80 bits per heavy atom. The van der Waals surface area contributed by atoms with Gasteiger partial charge in [0.15, 0.2) is 6.10 Å². The van der Waals surface area contributed by atoms with Gasteiger partial charge in [0, 0.05) is 18.8 Å². The van der Waals surface area contributed by atoms with Gasteiger partial charge in [-0.25, -0.2) is 0 Å². The average molecular weight is 409 g/mol. The fourth-order valence-corrected chi connectivity index (χ4v) is 3.96. The van der Waals surface area contributed by atoms with Crippen LogP contribution in [0.5, 0.6) is 5.75 Å². The van der Waals surface area contributed by atoms with Crippen LogP contribution in [0.15, 0.2) is 42.5 Å². The van der Waals surface area contributed by atoms with Gasteiger partial charge in [0.1, 0.15) is 5.75 Å². The number of nitrogens with zero attached hydrogens (tertiary/aromatic N) is 1. The molecule has 4 heteroatoms. The molecule has 1 N–H and O–H groups in total. The van der Waals surface area contributed by atoms with E-state index in [1.165, 1.54) is 24.1 Å². The van der Waals surface area contributed by atoms with Crippen molar-refractivity contribution in [1.82, 2.24) is 5.32 Å². The summed E-state index contributed by atoms with van der Waals surface area (Å²) >= 11 is 0. The van der Waals surface area contributed by atoms with Crippen LogP contribution < -0.4 is 15.0 Å². The molecule has 1 heterocycles. The Morgan fingerprint density at radius 1 is 1.13 bits per heavy atom. The lowest BCUT2D eigenvalue weighted by molar-refractivity contribution is -0.128. The van der Waals surface area contributed by atoms with Crippen molar-refractivity contribution in [2.24, 2.45) is 5.92 Å². The molecule has 4 nitrogen and oxygen atoms in total. The lowest BCUT2D eigenvalue weighted by atomic mass is 9.98. The zero-order chi connectivity index (χ0) is 21.7. The molecule has 0 spiro atoms. The Balaban J connectivity index is 1.60. The standard InChI is InChI=1S/C26H36N2O2/c1-6-24(30-25-9-7-8-19(3)20(25)4)26(29)27-21(5)22-10-12-23(13-11-22)28-16-14-18(2)15-17-28/h7-13,18,21,24H,6,14-17H2,1-5H3,(H,27,29)/t21-,24+/m0/s1. The zero-order valence-corrected chi connectivity index (χ0v) is 19.1. The number of rotatable bonds is 7. The summed E-state index contributed by atoms with van der Waals surface area (Å²) in [4.78, 5) is 15.3. The Kier molecular flexibility index (Phi) is 7.41. The van der Waals surface area contributed by atoms with Crippen LogP contribution in [0.25, 0.3) is 0 Å². The van der Waals surface area contributed by atoms with E-state index in [2.05, 4.69) is 54.4 Å². The summed E-state index contributed by atoms with van der Waals surface area (Å²) in [6.07, 6.45) is 2.64. The molecule has 0 bridgehead atoms. The van der Waals surface area contributed by atoms with E-state index in [1.54, 1.807) is 0 Å². The highest BCUT2D eigenvalue weighted by molar-refractivity contribution is 5.81. The molecule has 1 fully saturated rings. The van der Waals surface area contributed by atoms with Crippen LogP contribution in [0.3, 0.4) is 0 Å². The average Bonchev–Trinajstić information content (AvgIpc) is 2.75. The fourth-order valence-electron chi connectivity index (χ4n) is 3.96. The normalized spacial score (nSPS) is 16.8. The first-order valence-electron chi connectivity index (χ1n) is 11.3. The largest absolute Gasteiger partial charge is 0.480 e. The lowest BCUT2D eigenvalue weighted by Gasteiger charge is -2.32. The molecule has 1 saturated heterocycles. The van der Waals surface area contributed by atoms with E-state index in [1.807, 2.05) is 32.9 Å². The van der Waals surface area contributed by atoms with Crippen LogP contribution in [0.2, 0.25) is 0 Å².